The van der Waals surface area contributed by atoms with E-state index in [-0.39, 0.29) is 0 Å². The topological polar surface area (TPSA) is 38.9 Å². The quantitative estimate of drug-likeness (QED) is 0.775. The van der Waals surface area contributed by atoms with Crippen LogP contribution in [0.1, 0.15) is 5.89 Å². The number of hydrogen-bond donors (Lipinski definition) is 0. The lowest BCUT2D eigenvalue weighted by molar-refractivity contribution is 0.394. The highest BCUT2D eigenvalue weighted by atomic mass is 79.9. The molecule has 0 atom stereocenters. The molecule has 0 fully saturated rings. The summed E-state index contributed by atoms with van der Waals surface area (Å²) in [5.41, 5.74) is 0. The molecule has 0 saturated heterocycles. The summed E-state index contributed by atoms with van der Waals surface area (Å²) < 4.78 is 5.93. The van der Waals surface area contributed by atoms with Gasteiger partial charge in [-0.1, -0.05) is 5.16 Å². The van der Waals surface area contributed by atoms with Gasteiger partial charge in [0.05, 0.1) is 8.66 Å². The predicted molar refractivity (Wildman–Crippen MR) is 50.0 cm³/mol. The summed E-state index contributed by atoms with van der Waals surface area (Å²) in [5, 5.41) is 3.80. The molecule has 2 heterocycles. The van der Waals surface area contributed by atoms with Crippen molar-refractivity contribution >= 4 is 27.3 Å². The normalized spacial score (nSPS) is 10.5. The third kappa shape index (κ3) is 1.42. The molecule has 0 aromatic carbocycles. The number of rotatable bonds is 1. The van der Waals surface area contributed by atoms with Crippen LogP contribution < -0.4 is 0 Å². The third-order valence-corrected chi connectivity index (χ3v) is 2.94. The van der Waals surface area contributed by atoms with Crippen LogP contribution in [0.5, 0.6) is 0 Å². The predicted octanol–water partition coefficient (Wildman–Crippen LogP) is 2.87. The molecule has 12 heavy (non-hydrogen) atoms. The number of halogens is 1. The van der Waals surface area contributed by atoms with Crippen molar-refractivity contribution in [3.63, 3.8) is 0 Å². The summed E-state index contributed by atoms with van der Waals surface area (Å²) >= 11 is 4.95. The average Bonchev–Trinajstić information content (AvgIpc) is 2.58. The maximum absolute atomic E-state index is 4.86. The van der Waals surface area contributed by atoms with Gasteiger partial charge in [0.15, 0.2) is 0 Å². The molecular weight excluding hydrogens is 240 g/mol. The highest BCUT2D eigenvalue weighted by molar-refractivity contribution is 9.11. The van der Waals surface area contributed by atoms with E-state index in [4.69, 9.17) is 4.52 Å². The van der Waals surface area contributed by atoms with Crippen molar-refractivity contribution in [1.82, 2.24) is 10.1 Å². The molecular formula is C7H5BrN2OS. The van der Waals surface area contributed by atoms with Gasteiger partial charge in [0.2, 0.25) is 11.7 Å². The van der Waals surface area contributed by atoms with Crippen LogP contribution in [-0.2, 0) is 0 Å². The van der Waals surface area contributed by atoms with Gasteiger partial charge in [-0.15, -0.1) is 11.3 Å². The van der Waals surface area contributed by atoms with Crippen molar-refractivity contribution < 1.29 is 4.52 Å². The number of aryl methyl sites for hydroxylation is 1. The van der Waals surface area contributed by atoms with Crippen LogP contribution in [0.3, 0.4) is 0 Å². The van der Waals surface area contributed by atoms with Crippen molar-refractivity contribution in [2.45, 2.75) is 6.92 Å². The van der Waals surface area contributed by atoms with E-state index in [1.165, 1.54) is 0 Å². The van der Waals surface area contributed by atoms with E-state index in [1.807, 2.05) is 12.1 Å². The summed E-state index contributed by atoms with van der Waals surface area (Å²) in [6.07, 6.45) is 0. The molecule has 0 spiro atoms. The van der Waals surface area contributed by atoms with Gasteiger partial charge in [0, 0.05) is 6.92 Å². The first-order chi connectivity index (χ1) is 5.75. The van der Waals surface area contributed by atoms with Gasteiger partial charge in [-0.05, 0) is 28.1 Å². The Labute approximate surface area is 81.5 Å². The van der Waals surface area contributed by atoms with Crippen LogP contribution >= 0.6 is 27.3 Å². The van der Waals surface area contributed by atoms with Gasteiger partial charge < -0.3 is 4.52 Å². The molecule has 0 saturated carbocycles. The average molecular weight is 245 g/mol. The van der Waals surface area contributed by atoms with Gasteiger partial charge in [0.1, 0.15) is 0 Å². The molecule has 2 aromatic heterocycles. The molecule has 0 unspecified atom stereocenters. The molecule has 3 nitrogen and oxygen atoms in total. The van der Waals surface area contributed by atoms with E-state index in [1.54, 1.807) is 18.3 Å². The maximum Gasteiger partial charge on any atom is 0.223 e. The SMILES string of the molecule is Cc1nc(-c2ccc(Br)s2)no1. The summed E-state index contributed by atoms with van der Waals surface area (Å²) in [6.45, 7) is 1.78. The third-order valence-electron chi connectivity index (χ3n) is 1.32. The fraction of sp³-hybridized carbons (Fsp3) is 0.143. The molecule has 0 amide bonds. The summed E-state index contributed by atoms with van der Waals surface area (Å²) in [5.74, 6) is 1.25. The van der Waals surface area contributed by atoms with Crippen LogP contribution in [0.4, 0.5) is 0 Å². The minimum atomic E-state index is 0.592. The van der Waals surface area contributed by atoms with Gasteiger partial charge in [-0.2, -0.15) is 4.98 Å². The lowest BCUT2D eigenvalue weighted by Gasteiger charge is -1.81. The highest BCUT2D eigenvalue weighted by Crippen LogP contribution is 2.28. The van der Waals surface area contributed by atoms with E-state index < -0.39 is 0 Å². The summed E-state index contributed by atoms with van der Waals surface area (Å²) in [6, 6.07) is 3.92. The van der Waals surface area contributed by atoms with E-state index in [0.29, 0.717) is 11.7 Å². The van der Waals surface area contributed by atoms with Gasteiger partial charge in [-0.25, -0.2) is 0 Å². The minimum absolute atomic E-state index is 0.592. The maximum atomic E-state index is 4.86. The van der Waals surface area contributed by atoms with Crippen LogP contribution in [0.2, 0.25) is 0 Å². The molecule has 0 bridgehead atoms. The molecule has 0 N–H and O–H groups in total. The Hall–Kier alpha value is -0.680. The van der Waals surface area contributed by atoms with Crippen molar-refractivity contribution in [2.24, 2.45) is 0 Å². The molecule has 2 rings (SSSR count). The first-order valence-electron chi connectivity index (χ1n) is 3.32. The smallest absolute Gasteiger partial charge is 0.223 e. The second-order valence-electron chi connectivity index (χ2n) is 2.24. The van der Waals surface area contributed by atoms with Gasteiger partial charge >= 0.3 is 0 Å². The molecule has 5 heteroatoms. The van der Waals surface area contributed by atoms with E-state index in [9.17, 15) is 0 Å². The van der Waals surface area contributed by atoms with Crippen molar-refractivity contribution in [2.75, 3.05) is 0 Å². The Kier molecular flexibility index (Phi) is 1.98. The second kappa shape index (κ2) is 2.99. The second-order valence-corrected chi connectivity index (χ2v) is 4.70. The monoisotopic (exact) mass is 244 g/mol. The molecule has 62 valence electrons. The zero-order chi connectivity index (χ0) is 8.55. The van der Waals surface area contributed by atoms with Crippen molar-refractivity contribution in [1.29, 1.82) is 0 Å². The molecule has 2 aromatic rings. The van der Waals surface area contributed by atoms with Crippen LogP contribution in [-0.4, -0.2) is 10.1 Å². The number of hydrogen-bond acceptors (Lipinski definition) is 4. The minimum Gasteiger partial charge on any atom is -0.339 e. The Balaban J connectivity index is 2.43. The zero-order valence-electron chi connectivity index (χ0n) is 6.24. The lowest BCUT2D eigenvalue weighted by Crippen LogP contribution is -1.73. The van der Waals surface area contributed by atoms with Crippen molar-refractivity contribution in [3.05, 3.63) is 21.8 Å². The summed E-state index contributed by atoms with van der Waals surface area (Å²) in [7, 11) is 0. The lowest BCUT2D eigenvalue weighted by atomic mass is 10.4. The number of thiophene rings is 1. The van der Waals surface area contributed by atoms with E-state index in [2.05, 4.69) is 26.1 Å². The van der Waals surface area contributed by atoms with Crippen LogP contribution in [0.15, 0.2) is 20.4 Å². The summed E-state index contributed by atoms with van der Waals surface area (Å²) in [4.78, 5) is 5.12. The molecule has 0 aliphatic heterocycles. The Morgan fingerprint density at radius 1 is 1.50 bits per heavy atom. The fourth-order valence-electron chi connectivity index (χ4n) is 0.834. The van der Waals surface area contributed by atoms with E-state index in [0.717, 1.165) is 8.66 Å². The first kappa shape index (κ1) is 7.94. The molecule has 0 aliphatic carbocycles. The van der Waals surface area contributed by atoms with Crippen molar-refractivity contribution in [3.8, 4) is 10.7 Å². The van der Waals surface area contributed by atoms with Gasteiger partial charge in [0.25, 0.3) is 0 Å². The Morgan fingerprint density at radius 2 is 2.33 bits per heavy atom. The number of nitrogens with zero attached hydrogens (tertiary/aromatic N) is 2. The van der Waals surface area contributed by atoms with Gasteiger partial charge in [-0.3, -0.25) is 0 Å². The largest absolute Gasteiger partial charge is 0.339 e. The van der Waals surface area contributed by atoms with Crippen LogP contribution in [0, 0.1) is 6.92 Å². The Bertz CT molecular complexity index is 357. The standard InChI is InChI=1S/C7H5BrN2OS/c1-4-9-7(10-11-4)5-2-3-6(8)12-5/h2-3H,1H3. The Morgan fingerprint density at radius 3 is 2.83 bits per heavy atom. The van der Waals surface area contributed by atoms with E-state index >= 15 is 0 Å². The van der Waals surface area contributed by atoms with Crippen LogP contribution in [0.25, 0.3) is 10.7 Å². The highest BCUT2D eigenvalue weighted by Gasteiger charge is 2.07. The number of aromatic nitrogens is 2. The molecule has 0 radical (unpaired) electrons. The zero-order valence-corrected chi connectivity index (χ0v) is 8.65. The molecule has 0 aliphatic rings. The fourth-order valence-corrected chi connectivity index (χ4v) is 2.15. The first-order valence-corrected chi connectivity index (χ1v) is 4.92.